The van der Waals surface area contributed by atoms with Crippen LogP contribution in [0.15, 0.2) is 58.2 Å². The molecule has 1 N–H and O–H groups in total. The maximum atomic E-state index is 12.6. The van der Waals surface area contributed by atoms with Crippen LogP contribution < -0.4 is 10.3 Å². The third-order valence-electron chi connectivity index (χ3n) is 4.12. The third-order valence-corrected chi connectivity index (χ3v) is 4.98. The molecule has 0 saturated heterocycles. The van der Waals surface area contributed by atoms with Crippen LogP contribution in [0.25, 0.3) is 5.69 Å². The van der Waals surface area contributed by atoms with Gasteiger partial charge in [-0.2, -0.15) is 0 Å². The number of rotatable bonds is 5. The van der Waals surface area contributed by atoms with Crippen LogP contribution in [0.3, 0.4) is 0 Å². The van der Waals surface area contributed by atoms with E-state index >= 15 is 0 Å². The van der Waals surface area contributed by atoms with Crippen LogP contribution >= 0.6 is 0 Å². The molecule has 0 atom stereocenters. The maximum Gasteiger partial charge on any atom is 0.274 e. The molecule has 0 amide bonds. The summed E-state index contributed by atoms with van der Waals surface area (Å²) in [5.74, 6) is 0.295. The Morgan fingerprint density at radius 1 is 1.11 bits per heavy atom. The van der Waals surface area contributed by atoms with Crippen molar-refractivity contribution in [1.29, 1.82) is 0 Å². The molecule has 1 aromatic heterocycles. The van der Waals surface area contributed by atoms with E-state index in [1.54, 1.807) is 37.3 Å². The van der Waals surface area contributed by atoms with E-state index in [0.29, 0.717) is 17.0 Å². The van der Waals surface area contributed by atoms with Crippen molar-refractivity contribution in [1.82, 2.24) is 9.78 Å². The second-order valence-electron chi connectivity index (χ2n) is 6.45. The molecule has 0 aliphatic heterocycles. The van der Waals surface area contributed by atoms with E-state index in [9.17, 15) is 17.8 Å². The minimum Gasteiger partial charge on any atom is -0.744 e. The third kappa shape index (κ3) is 3.81. The zero-order valence-electron chi connectivity index (χ0n) is 15.1. The zero-order chi connectivity index (χ0) is 19.8. The standard InChI is InChI=1S/C19H20N2O5S/c1-12(2)18-13(3)20-21(19(18)22)14-9-10-16(17(11-14)27(23,24)25)26-15-7-5-4-6-8-15/h4-12,20H,1-3H3,(H,23,24,25)/p-1. The SMILES string of the molecule is Cc1[nH]n(-c2ccc(Oc3ccccc3)c(S(=O)(=O)[O-])c2)c(=O)c1C(C)C. The van der Waals surface area contributed by atoms with Gasteiger partial charge in [-0.05, 0) is 43.2 Å². The van der Waals surface area contributed by atoms with Crippen LogP contribution in [-0.4, -0.2) is 22.8 Å². The number of nitrogens with one attached hydrogen (secondary N) is 1. The van der Waals surface area contributed by atoms with Gasteiger partial charge in [-0.1, -0.05) is 32.0 Å². The van der Waals surface area contributed by atoms with Gasteiger partial charge in [-0.15, -0.1) is 0 Å². The van der Waals surface area contributed by atoms with Crippen molar-refractivity contribution in [3.05, 3.63) is 70.1 Å². The van der Waals surface area contributed by atoms with Gasteiger partial charge in [-0.3, -0.25) is 9.89 Å². The lowest BCUT2D eigenvalue weighted by Gasteiger charge is -2.15. The van der Waals surface area contributed by atoms with Gasteiger partial charge in [-0.25, -0.2) is 13.1 Å². The van der Waals surface area contributed by atoms with Gasteiger partial charge in [0.05, 0.1) is 10.6 Å². The number of hydrogen-bond acceptors (Lipinski definition) is 5. The maximum absolute atomic E-state index is 12.6. The van der Waals surface area contributed by atoms with Gasteiger partial charge < -0.3 is 9.29 Å². The van der Waals surface area contributed by atoms with Gasteiger partial charge in [0.25, 0.3) is 5.56 Å². The minimum absolute atomic E-state index is 0.00148. The number of nitrogens with zero attached hydrogens (tertiary/aromatic N) is 1. The Hall–Kier alpha value is -2.84. The van der Waals surface area contributed by atoms with Crippen molar-refractivity contribution in [2.24, 2.45) is 0 Å². The monoisotopic (exact) mass is 387 g/mol. The summed E-state index contributed by atoms with van der Waals surface area (Å²) in [5, 5.41) is 2.92. The Labute approximate surface area is 157 Å². The van der Waals surface area contributed by atoms with Crippen LogP contribution in [0.4, 0.5) is 0 Å². The lowest BCUT2D eigenvalue weighted by atomic mass is 10.1. The van der Waals surface area contributed by atoms with E-state index in [4.69, 9.17) is 4.74 Å². The largest absolute Gasteiger partial charge is 0.744 e. The zero-order valence-corrected chi connectivity index (χ0v) is 15.9. The van der Waals surface area contributed by atoms with Crippen LogP contribution in [0.5, 0.6) is 11.5 Å². The van der Waals surface area contributed by atoms with Crippen LogP contribution in [-0.2, 0) is 10.1 Å². The highest BCUT2D eigenvalue weighted by Gasteiger charge is 2.18. The Morgan fingerprint density at radius 2 is 1.78 bits per heavy atom. The molecular weight excluding hydrogens is 368 g/mol. The number of para-hydroxylation sites is 1. The lowest BCUT2D eigenvalue weighted by molar-refractivity contribution is 0.440. The highest BCUT2D eigenvalue weighted by atomic mass is 32.2. The topological polar surface area (TPSA) is 104 Å². The Kier molecular flexibility index (Phi) is 4.95. The molecule has 0 saturated carbocycles. The molecule has 3 aromatic rings. The summed E-state index contributed by atoms with van der Waals surface area (Å²) >= 11 is 0. The Morgan fingerprint density at radius 3 is 2.33 bits per heavy atom. The van der Waals surface area contributed by atoms with Crippen molar-refractivity contribution < 1.29 is 17.7 Å². The van der Waals surface area contributed by atoms with Crippen molar-refractivity contribution >= 4 is 10.1 Å². The van der Waals surface area contributed by atoms with E-state index in [1.165, 1.54) is 16.8 Å². The molecule has 2 aromatic carbocycles. The number of aromatic amines is 1. The molecule has 7 nitrogen and oxygen atoms in total. The average Bonchev–Trinajstić information content (AvgIpc) is 2.90. The molecule has 0 spiro atoms. The predicted molar refractivity (Wildman–Crippen MR) is 99.7 cm³/mol. The molecule has 3 rings (SSSR count). The number of aryl methyl sites for hydroxylation is 1. The molecule has 0 aliphatic carbocycles. The highest BCUT2D eigenvalue weighted by molar-refractivity contribution is 7.85. The number of hydrogen-bond donors (Lipinski definition) is 1. The first kappa shape index (κ1) is 18.9. The molecule has 1 heterocycles. The molecule has 0 radical (unpaired) electrons. The molecule has 142 valence electrons. The van der Waals surface area contributed by atoms with Gasteiger partial charge in [0.15, 0.2) is 0 Å². The van der Waals surface area contributed by atoms with Gasteiger partial charge in [0.2, 0.25) is 0 Å². The highest BCUT2D eigenvalue weighted by Crippen LogP contribution is 2.30. The summed E-state index contributed by atoms with van der Waals surface area (Å²) in [6, 6.07) is 12.5. The van der Waals surface area contributed by atoms with Crippen molar-refractivity contribution in [2.45, 2.75) is 31.6 Å². The molecule has 0 aliphatic rings. The Balaban J connectivity index is 2.13. The fourth-order valence-corrected chi connectivity index (χ4v) is 3.57. The van der Waals surface area contributed by atoms with E-state index in [1.807, 2.05) is 13.8 Å². The molecule has 27 heavy (non-hydrogen) atoms. The second-order valence-corrected chi connectivity index (χ2v) is 7.79. The number of H-pyrrole nitrogens is 1. The Bertz CT molecular complexity index is 1130. The summed E-state index contributed by atoms with van der Waals surface area (Å²) in [6.07, 6.45) is 0. The van der Waals surface area contributed by atoms with E-state index in [-0.39, 0.29) is 22.9 Å². The molecule has 0 unspecified atom stereocenters. The fourth-order valence-electron chi connectivity index (χ4n) is 2.95. The van der Waals surface area contributed by atoms with Gasteiger partial charge in [0, 0.05) is 11.3 Å². The smallest absolute Gasteiger partial charge is 0.274 e. The lowest BCUT2D eigenvalue weighted by Crippen LogP contribution is -2.18. The number of ether oxygens (including phenoxy) is 1. The molecular formula is C19H19N2O5S-. The predicted octanol–water partition coefficient (Wildman–Crippen LogP) is 3.29. The summed E-state index contributed by atoms with van der Waals surface area (Å²) in [7, 11) is -4.82. The van der Waals surface area contributed by atoms with Crippen LogP contribution in [0, 0.1) is 6.92 Å². The van der Waals surface area contributed by atoms with Crippen molar-refractivity contribution in [2.75, 3.05) is 0 Å². The van der Waals surface area contributed by atoms with E-state index < -0.39 is 15.0 Å². The molecule has 8 heteroatoms. The van der Waals surface area contributed by atoms with Crippen LogP contribution in [0.1, 0.15) is 31.0 Å². The van der Waals surface area contributed by atoms with Crippen molar-refractivity contribution in [3.63, 3.8) is 0 Å². The van der Waals surface area contributed by atoms with E-state index in [2.05, 4.69) is 5.10 Å². The van der Waals surface area contributed by atoms with Crippen LogP contribution in [0.2, 0.25) is 0 Å². The molecule has 0 fully saturated rings. The summed E-state index contributed by atoms with van der Waals surface area (Å²) in [4.78, 5) is 12.1. The second kappa shape index (κ2) is 7.05. The number of benzene rings is 2. The fraction of sp³-hybridized carbons (Fsp3) is 0.211. The average molecular weight is 387 g/mol. The van der Waals surface area contributed by atoms with Gasteiger partial charge in [0.1, 0.15) is 21.6 Å². The van der Waals surface area contributed by atoms with E-state index in [0.717, 1.165) is 6.07 Å². The number of aromatic nitrogens is 2. The first-order chi connectivity index (χ1) is 12.7. The molecule has 0 bridgehead atoms. The first-order valence-corrected chi connectivity index (χ1v) is 9.74. The van der Waals surface area contributed by atoms with Gasteiger partial charge >= 0.3 is 0 Å². The first-order valence-electron chi connectivity index (χ1n) is 8.33. The van der Waals surface area contributed by atoms with Crippen molar-refractivity contribution in [3.8, 4) is 17.2 Å². The minimum atomic E-state index is -4.82. The summed E-state index contributed by atoms with van der Waals surface area (Å²) in [6.45, 7) is 5.56. The normalized spacial score (nSPS) is 11.7. The quantitative estimate of drug-likeness (QED) is 0.677. The summed E-state index contributed by atoms with van der Waals surface area (Å²) < 4.78 is 42.1. The summed E-state index contributed by atoms with van der Waals surface area (Å²) in [5.41, 5.74) is 1.25.